The maximum atomic E-state index is 11.0. The lowest BCUT2D eigenvalue weighted by Gasteiger charge is -2.17. The molecule has 94 valence electrons. The van der Waals surface area contributed by atoms with Crippen molar-refractivity contribution in [1.82, 2.24) is 0 Å². The molecule has 0 radical (unpaired) electrons. The van der Waals surface area contributed by atoms with Gasteiger partial charge >= 0.3 is 5.97 Å². The average molecular weight is 302 g/mol. The largest absolute Gasteiger partial charge is 0.495 e. The number of halogens is 1. The van der Waals surface area contributed by atoms with Crippen LogP contribution in [0.1, 0.15) is 36.9 Å². The zero-order chi connectivity index (χ0) is 13.2. The number of rotatable bonds is 4. The first-order chi connectivity index (χ1) is 7.88. The van der Waals surface area contributed by atoms with E-state index in [4.69, 9.17) is 15.6 Å². The van der Waals surface area contributed by atoms with Crippen molar-refractivity contribution in [3.8, 4) is 5.75 Å². The summed E-state index contributed by atoms with van der Waals surface area (Å²) in [6.07, 6.45) is 0. The second-order valence-corrected chi connectivity index (χ2v) is 4.95. The lowest BCUT2D eigenvalue weighted by Crippen LogP contribution is -2.21. The minimum absolute atomic E-state index is 0.289. The highest BCUT2D eigenvalue weighted by Crippen LogP contribution is 2.35. The summed E-state index contributed by atoms with van der Waals surface area (Å²) in [4.78, 5) is 11.0. The molecule has 0 bridgehead atoms. The van der Waals surface area contributed by atoms with Crippen molar-refractivity contribution >= 4 is 21.9 Å². The van der Waals surface area contributed by atoms with Crippen LogP contribution in [0.5, 0.6) is 5.75 Å². The van der Waals surface area contributed by atoms with Gasteiger partial charge in [0.25, 0.3) is 0 Å². The van der Waals surface area contributed by atoms with Crippen LogP contribution in [-0.4, -0.2) is 18.2 Å². The Hall–Kier alpha value is -1.07. The fourth-order valence-electron chi connectivity index (χ4n) is 1.55. The van der Waals surface area contributed by atoms with Gasteiger partial charge in [-0.25, -0.2) is 0 Å². The van der Waals surface area contributed by atoms with E-state index in [1.807, 2.05) is 19.9 Å². The van der Waals surface area contributed by atoms with Crippen LogP contribution in [0.15, 0.2) is 16.6 Å². The van der Waals surface area contributed by atoms with Gasteiger partial charge in [0.05, 0.1) is 11.6 Å². The van der Waals surface area contributed by atoms with Crippen LogP contribution in [0, 0.1) is 0 Å². The number of aliphatic carboxylic acids is 1. The number of ether oxygens (including phenoxy) is 1. The summed E-state index contributed by atoms with van der Waals surface area (Å²) in [6.45, 7) is 4.06. The summed E-state index contributed by atoms with van der Waals surface area (Å²) >= 11 is 3.37. The van der Waals surface area contributed by atoms with Crippen molar-refractivity contribution in [3.63, 3.8) is 0 Å². The number of hydrogen-bond acceptors (Lipinski definition) is 3. The van der Waals surface area contributed by atoms with Crippen molar-refractivity contribution in [2.24, 2.45) is 5.73 Å². The molecule has 0 saturated carbocycles. The quantitative estimate of drug-likeness (QED) is 0.897. The van der Waals surface area contributed by atoms with Crippen molar-refractivity contribution in [1.29, 1.82) is 0 Å². The van der Waals surface area contributed by atoms with E-state index in [1.165, 1.54) is 7.11 Å². The van der Waals surface area contributed by atoms with Gasteiger partial charge in [-0.1, -0.05) is 13.8 Å². The third-order valence-electron chi connectivity index (χ3n) is 2.57. The predicted molar refractivity (Wildman–Crippen MR) is 69.3 cm³/mol. The summed E-state index contributed by atoms with van der Waals surface area (Å²) in [6, 6.07) is 2.62. The molecule has 0 aliphatic carbocycles. The molecule has 0 aliphatic rings. The molecule has 1 unspecified atom stereocenters. The molecule has 1 aromatic rings. The Balaban J connectivity index is 3.38. The number of methoxy groups -OCH3 is 1. The van der Waals surface area contributed by atoms with Gasteiger partial charge in [0.15, 0.2) is 0 Å². The number of carbonyl (C=O) groups is 1. The lowest BCUT2D eigenvalue weighted by atomic mass is 9.97. The third-order valence-corrected chi connectivity index (χ3v) is 3.16. The molecule has 0 fully saturated rings. The highest BCUT2D eigenvalue weighted by molar-refractivity contribution is 9.10. The van der Waals surface area contributed by atoms with E-state index in [0.29, 0.717) is 11.3 Å². The van der Waals surface area contributed by atoms with Gasteiger partial charge in [-0.15, -0.1) is 0 Å². The van der Waals surface area contributed by atoms with E-state index in [2.05, 4.69) is 15.9 Å². The number of hydrogen-bond donors (Lipinski definition) is 2. The Bertz CT molecular complexity index is 432. The number of carboxylic acids is 1. The summed E-state index contributed by atoms with van der Waals surface area (Å²) in [5.41, 5.74) is 7.15. The van der Waals surface area contributed by atoms with Crippen LogP contribution in [0.4, 0.5) is 0 Å². The normalized spacial score (nSPS) is 12.6. The fraction of sp³-hybridized carbons (Fsp3) is 0.417. The molecule has 0 heterocycles. The Morgan fingerprint density at radius 3 is 2.47 bits per heavy atom. The van der Waals surface area contributed by atoms with Crippen molar-refractivity contribution in [2.75, 3.05) is 7.11 Å². The molecule has 17 heavy (non-hydrogen) atoms. The second-order valence-electron chi connectivity index (χ2n) is 4.10. The van der Waals surface area contributed by atoms with Gasteiger partial charge in [0.1, 0.15) is 11.8 Å². The predicted octanol–water partition coefficient (Wildman–Crippen LogP) is 2.67. The zero-order valence-corrected chi connectivity index (χ0v) is 11.6. The second kappa shape index (κ2) is 5.51. The topological polar surface area (TPSA) is 72.5 Å². The lowest BCUT2D eigenvalue weighted by molar-refractivity contribution is -0.138. The molecule has 0 amide bonds. The van der Waals surface area contributed by atoms with Crippen molar-refractivity contribution < 1.29 is 14.6 Å². The van der Waals surface area contributed by atoms with Gasteiger partial charge in [-0.2, -0.15) is 0 Å². The van der Waals surface area contributed by atoms with Gasteiger partial charge in [-0.05, 0) is 39.5 Å². The van der Waals surface area contributed by atoms with Crippen molar-refractivity contribution in [2.45, 2.75) is 25.8 Å². The summed E-state index contributed by atoms with van der Waals surface area (Å²) < 4.78 is 5.91. The van der Waals surface area contributed by atoms with Gasteiger partial charge in [0.2, 0.25) is 0 Å². The van der Waals surface area contributed by atoms with Gasteiger partial charge < -0.3 is 15.6 Å². The van der Waals surface area contributed by atoms with E-state index in [0.717, 1.165) is 10.0 Å². The molecule has 1 aromatic carbocycles. The van der Waals surface area contributed by atoms with Crippen LogP contribution in [0.3, 0.4) is 0 Å². The standard InChI is InChI=1S/C12H16BrNO3/c1-6(2)7-4-8(10(14)12(15)16)11(17-3)9(13)5-7/h4-6,10H,14H2,1-3H3,(H,15,16). The molecular weight excluding hydrogens is 286 g/mol. The molecule has 0 spiro atoms. The fourth-order valence-corrected chi connectivity index (χ4v) is 2.20. The minimum atomic E-state index is -1.08. The maximum Gasteiger partial charge on any atom is 0.325 e. The molecule has 0 aromatic heterocycles. The Kier molecular flexibility index (Phi) is 4.54. The molecule has 0 aliphatic heterocycles. The van der Waals surface area contributed by atoms with Crippen molar-refractivity contribution in [3.05, 3.63) is 27.7 Å². The smallest absolute Gasteiger partial charge is 0.325 e. The molecule has 4 nitrogen and oxygen atoms in total. The van der Waals surface area contributed by atoms with Crippen LogP contribution in [-0.2, 0) is 4.79 Å². The monoisotopic (exact) mass is 301 g/mol. The molecular formula is C12H16BrNO3. The molecule has 1 rings (SSSR count). The first-order valence-electron chi connectivity index (χ1n) is 5.24. The van der Waals surface area contributed by atoms with Crippen LogP contribution >= 0.6 is 15.9 Å². The van der Waals surface area contributed by atoms with Crippen LogP contribution < -0.4 is 10.5 Å². The summed E-state index contributed by atoms with van der Waals surface area (Å²) in [5.74, 6) is -0.308. The highest BCUT2D eigenvalue weighted by Gasteiger charge is 2.22. The summed E-state index contributed by atoms with van der Waals surface area (Å²) in [5, 5.41) is 8.98. The van der Waals surface area contributed by atoms with E-state index in [1.54, 1.807) is 6.07 Å². The van der Waals surface area contributed by atoms with E-state index >= 15 is 0 Å². The molecule has 0 saturated heterocycles. The number of benzene rings is 1. The number of nitrogens with two attached hydrogens (primary N) is 1. The zero-order valence-electron chi connectivity index (χ0n) is 10.0. The first-order valence-corrected chi connectivity index (χ1v) is 6.03. The Morgan fingerprint density at radius 2 is 2.06 bits per heavy atom. The van der Waals surface area contributed by atoms with Crippen LogP contribution in [0.25, 0.3) is 0 Å². The van der Waals surface area contributed by atoms with Gasteiger partial charge in [0, 0.05) is 5.56 Å². The average Bonchev–Trinajstić information content (AvgIpc) is 2.26. The third kappa shape index (κ3) is 2.98. The first kappa shape index (κ1) is 14.0. The Labute approximate surface area is 109 Å². The van der Waals surface area contributed by atoms with E-state index in [9.17, 15) is 4.79 Å². The van der Waals surface area contributed by atoms with Crippen LogP contribution in [0.2, 0.25) is 0 Å². The van der Waals surface area contributed by atoms with E-state index in [-0.39, 0.29) is 5.92 Å². The SMILES string of the molecule is COc1c(Br)cc(C(C)C)cc1C(N)C(=O)O. The van der Waals surface area contributed by atoms with E-state index < -0.39 is 12.0 Å². The number of carboxylic acid groups (broad SMARTS) is 1. The minimum Gasteiger partial charge on any atom is -0.495 e. The Morgan fingerprint density at radius 1 is 1.47 bits per heavy atom. The maximum absolute atomic E-state index is 11.0. The molecule has 1 atom stereocenters. The highest BCUT2D eigenvalue weighted by atomic mass is 79.9. The van der Waals surface area contributed by atoms with Gasteiger partial charge in [-0.3, -0.25) is 4.79 Å². The molecule has 5 heteroatoms. The molecule has 3 N–H and O–H groups in total. The summed E-state index contributed by atoms with van der Waals surface area (Å²) in [7, 11) is 1.49.